The van der Waals surface area contributed by atoms with Crippen LogP contribution in [-0.2, 0) is 14.3 Å². The average Bonchev–Trinajstić information content (AvgIpc) is 2.90. The van der Waals surface area contributed by atoms with Gasteiger partial charge in [-0.05, 0) is 43.2 Å². The Morgan fingerprint density at radius 1 is 1.14 bits per heavy atom. The molecule has 2 aromatic carbocycles. The monoisotopic (exact) mass is 489 g/mol. The van der Waals surface area contributed by atoms with Crippen molar-refractivity contribution in [2.45, 2.75) is 25.9 Å². The molecule has 1 aliphatic heterocycles. The number of nitrogens with zero attached hydrogens (tertiary/aromatic N) is 3. The normalized spacial score (nSPS) is 13.4. The number of carbonyl (C=O) groups excluding carboxylic acids is 2. The molecule has 0 spiro atoms. The fourth-order valence-corrected chi connectivity index (χ4v) is 4.09. The first-order chi connectivity index (χ1) is 17.5. The number of benzene rings is 2. The van der Waals surface area contributed by atoms with Crippen LogP contribution in [0.5, 0.6) is 11.5 Å². The van der Waals surface area contributed by atoms with Gasteiger partial charge in [-0.1, -0.05) is 36.4 Å². The van der Waals surface area contributed by atoms with E-state index in [1.54, 1.807) is 30.2 Å². The second-order valence-corrected chi connectivity index (χ2v) is 8.45. The van der Waals surface area contributed by atoms with Gasteiger partial charge in [0.25, 0.3) is 5.91 Å². The van der Waals surface area contributed by atoms with Crippen molar-refractivity contribution in [2.75, 3.05) is 43.2 Å². The van der Waals surface area contributed by atoms with Gasteiger partial charge in [0.2, 0.25) is 0 Å². The smallest absolute Gasteiger partial charge is 0.309 e. The van der Waals surface area contributed by atoms with Gasteiger partial charge in [-0.3, -0.25) is 9.59 Å². The number of pyridine rings is 1. The van der Waals surface area contributed by atoms with Gasteiger partial charge in [0.05, 0.1) is 18.7 Å². The quantitative estimate of drug-likeness (QED) is 0.369. The van der Waals surface area contributed by atoms with E-state index in [0.717, 1.165) is 24.3 Å². The third kappa shape index (κ3) is 6.33. The zero-order chi connectivity index (χ0) is 25.3. The van der Waals surface area contributed by atoms with E-state index in [1.807, 2.05) is 61.6 Å². The Kier molecular flexibility index (Phi) is 8.39. The molecule has 36 heavy (non-hydrogen) atoms. The Hall–Kier alpha value is -4.07. The van der Waals surface area contributed by atoms with Gasteiger partial charge in [0, 0.05) is 32.4 Å². The number of ether oxygens (including phenoxy) is 3. The van der Waals surface area contributed by atoms with E-state index in [4.69, 9.17) is 14.2 Å². The van der Waals surface area contributed by atoms with Crippen LogP contribution in [0.2, 0.25) is 0 Å². The summed E-state index contributed by atoms with van der Waals surface area (Å²) in [4.78, 5) is 33.0. The first-order valence-electron chi connectivity index (χ1n) is 12.1. The number of carbonyl (C=O) groups is 2. The van der Waals surface area contributed by atoms with Crippen LogP contribution in [0.4, 0.5) is 11.5 Å². The third-order valence-electron chi connectivity index (χ3n) is 5.90. The number of anilines is 2. The summed E-state index contributed by atoms with van der Waals surface area (Å²) in [6.45, 7) is 3.37. The summed E-state index contributed by atoms with van der Waals surface area (Å²) in [6, 6.07) is 20.8. The maximum Gasteiger partial charge on any atom is 0.309 e. The van der Waals surface area contributed by atoms with Gasteiger partial charge in [0.15, 0.2) is 6.61 Å². The fraction of sp³-hybridized carbons (Fsp3) is 0.321. The minimum Gasteiger partial charge on any atom is -0.485 e. The largest absolute Gasteiger partial charge is 0.485 e. The third-order valence-corrected chi connectivity index (χ3v) is 5.90. The van der Waals surface area contributed by atoms with Crippen molar-refractivity contribution in [3.63, 3.8) is 0 Å². The van der Waals surface area contributed by atoms with Crippen LogP contribution >= 0.6 is 0 Å². The molecule has 0 aliphatic carbocycles. The lowest BCUT2D eigenvalue weighted by Gasteiger charge is -2.30. The summed E-state index contributed by atoms with van der Waals surface area (Å²) in [5, 5.41) is 0. The molecule has 3 aromatic rings. The van der Waals surface area contributed by atoms with Gasteiger partial charge in [0.1, 0.15) is 23.4 Å². The van der Waals surface area contributed by atoms with E-state index >= 15 is 0 Å². The van der Waals surface area contributed by atoms with Crippen molar-refractivity contribution in [3.05, 3.63) is 78.5 Å². The van der Waals surface area contributed by atoms with Gasteiger partial charge in [-0.25, -0.2) is 4.98 Å². The standard InChI is InChI=1S/C28H31N3O5/c1-3-34-28(33)19-24(21-10-5-4-6-11-21)36-22-13-14-23-25(18-22)35-20-27(32)31(23)17-9-16-30(2)26-12-7-8-15-29-26/h4-8,10-15,18,24H,3,9,16-17,19-20H2,1-2H3. The maximum atomic E-state index is 12.6. The van der Waals surface area contributed by atoms with E-state index in [1.165, 1.54) is 0 Å². The molecular weight excluding hydrogens is 458 g/mol. The summed E-state index contributed by atoms with van der Waals surface area (Å²) in [7, 11) is 1.99. The van der Waals surface area contributed by atoms with Gasteiger partial charge in [-0.15, -0.1) is 0 Å². The summed E-state index contributed by atoms with van der Waals surface area (Å²) in [5.74, 6) is 1.61. The van der Waals surface area contributed by atoms with Crippen LogP contribution in [0.25, 0.3) is 0 Å². The highest BCUT2D eigenvalue weighted by molar-refractivity contribution is 5.97. The molecule has 1 unspecified atom stereocenters. The van der Waals surface area contributed by atoms with Crippen LogP contribution in [0.3, 0.4) is 0 Å². The fourth-order valence-electron chi connectivity index (χ4n) is 4.09. The zero-order valence-corrected chi connectivity index (χ0v) is 20.6. The molecule has 4 rings (SSSR count). The lowest BCUT2D eigenvalue weighted by molar-refractivity contribution is -0.145. The molecule has 1 amide bonds. The summed E-state index contributed by atoms with van der Waals surface area (Å²) in [6.07, 6.45) is 2.12. The highest BCUT2D eigenvalue weighted by atomic mass is 16.5. The molecule has 1 aromatic heterocycles. The van der Waals surface area contributed by atoms with E-state index in [-0.39, 0.29) is 24.9 Å². The minimum absolute atomic E-state index is 0.0303. The first-order valence-corrected chi connectivity index (χ1v) is 12.1. The van der Waals surface area contributed by atoms with E-state index in [0.29, 0.717) is 30.3 Å². The Bertz CT molecular complexity index is 1160. The first kappa shape index (κ1) is 25.0. The molecule has 8 nitrogen and oxygen atoms in total. The molecule has 0 saturated carbocycles. The molecule has 1 atom stereocenters. The van der Waals surface area contributed by atoms with E-state index in [2.05, 4.69) is 9.88 Å². The second kappa shape index (κ2) is 12.1. The highest BCUT2D eigenvalue weighted by Crippen LogP contribution is 2.37. The average molecular weight is 490 g/mol. The molecule has 0 saturated heterocycles. The van der Waals surface area contributed by atoms with Crippen molar-refractivity contribution in [2.24, 2.45) is 0 Å². The predicted octanol–water partition coefficient (Wildman–Crippen LogP) is 4.41. The number of hydrogen-bond donors (Lipinski definition) is 0. The molecule has 0 bridgehead atoms. The van der Waals surface area contributed by atoms with Gasteiger partial charge >= 0.3 is 5.97 Å². The number of rotatable bonds is 11. The SMILES string of the molecule is CCOC(=O)CC(Oc1ccc2c(c1)OCC(=O)N2CCCN(C)c1ccccn1)c1ccccc1. The zero-order valence-electron chi connectivity index (χ0n) is 20.6. The van der Waals surface area contributed by atoms with Crippen molar-refractivity contribution in [3.8, 4) is 11.5 Å². The molecule has 0 N–H and O–H groups in total. The van der Waals surface area contributed by atoms with E-state index < -0.39 is 6.10 Å². The second-order valence-electron chi connectivity index (χ2n) is 8.45. The van der Waals surface area contributed by atoms with Crippen molar-refractivity contribution >= 4 is 23.4 Å². The predicted molar refractivity (Wildman–Crippen MR) is 137 cm³/mol. The molecule has 2 heterocycles. The molecular formula is C28H31N3O5. The number of esters is 1. The summed E-state index contributed by atoms with van der Waals surface area (Å²) in [5.41, 5.74) is 1.58. The number of fused-ring (bicyclic) bond motifs is 1. The molecule has 8 heteroatoms. The molecule has 0 fully saturated rings. The van der Waals surface area contributed by atoms with Crippen LogP contribution in [-0.4, -0.2) is 50.2 Å². The molecule has 188 valence electrons. The Morgan fingerprint density at radius 2 is 1.94 bits per heavy atom. The lowest BCUT2D eigenvalue weighted by atomic mass is 10.1. The van der Waals surface area contributed by atoms with Crippen LogP contribution in [0.1, 0.15) is 31.4 Å². The summed E-state index contributed by atoms with van der Waals surface area (Å²) >= 11 is 0. The number of amides is 1. The van der Waals surface area contributed by atoms with Crippen LogP contribution < -0.4 is 19.3 Å². The highest BCUT2D eigenvalue weighted by Gasteiger charge is 2.27. The van der Waals surface area contributed by atoms with Crippen LogP contribution in [0.15, 0.2) is 72.9 Å². The number of aromatic nitrogens is 1. The number of hydrogen-bond acceptors (Lipinski definition) is 7. The van der Waals surface area contributed by atoms with E-state index in [9.17, 15) is 9.59 Å². The topological polar surface area (TPSA) is 81.2 Å². The Morgan fingerprint density at radius 3 is 2.69 bits per heavy atom. The van der Waals surface area contributed by atoms with Crippen molar-refractivity contribution in [1.82, 2.24) is 4.98 Å². The Labute approximate surface area is 211 Å². The Balaban J connectivity index is 1.44. The van der Waals surface area contributed by atoms with Crippen molar-refractivity contribution < 1.29 is 23.8 Å². The minimum atomic E-state index is -0.508. The van der Waals surface area contributed by atoms with Crippen molar-refractivity contribution in [1.29, 1.82) is 0 Å². The summed E-state index contributed by atoms with van der Waals surface area (Å²) < 4.78 is 17.1. The van der Waals surface area contributed by atoms with Gasteiger partial charge < -0.3 is 24.0 Å². The van der Waals surface area contributed by atoms with Crippen LogP contribution in [0, 0.1) is 0 Å². The molecule has 1 aliphatic rings. The van der Waals surface area contributed by atoms with Gasteiger partial charge in [-0.2, -0.15) is 0 Å². The lowest BCUT2D eigenvalue weighted by Crippen LogP contribution is -2.40. The molecule has 0 radical (unpaired) electrons. The maximum absolute atomic E-state index is 12.6.